The van der Waals surface area contributed by atoms with Crippen molar-refractivity contribution >= 4 is 23.2 Å². The van der Waals surface area contributed by atoms with E-state index in [4.69, 9.17) is 23.2 Å². The van der Waals surface area contributed by atoms with Crippen LogP contribution in [0.25, 0.3) is 0 Å². The van der Waals surface area contributed by atoms with Crippen LogP contribution in [0.1, 0.15) is 25.5 Å². The van der Waals surface area contributed by atoms with Crippen LogP contribution in [0.2, 0.25) is 10.0 Å². The highest BCUT2D eigenvalue weighted by atomic mass is 35.5. The molecule has 0 aliphatic heterocycles. The highest BCUT2D eigenvalue weighted by Gasteiger charge is 2.12. The van der Waals surface area contributed by atoms with Crippen molar-refractivity contribution in [3.05, 3.63) is 45.5 Å². The Bertz CT molecular complexity index is 334. The number of aliphatic hydroxyl groups is 1. The zero-order valence-electron chi connectivity index (χ0n) is 8.09. The van der Waals surface area contributed by atoms with Gasteiger partial charge < -0.3 is 5.11 Å². The summed E-state index contributed by atoms with van der Waals surface area (Å²) in [6.45, 7) is 3.82. The number of aliphatic hydroxyl groups excluding tert-OH is 1. The molecule has 1 unspecified atom stereocenters. The Hall–Kier alpha value is -0.500. The molecule has 0 amide bonds. The molecular formula is C11H12Cl2O. The quantitative estimate of drug-likeness (QED) is 0.763. The minimum Gasteiger partial charge on any atom is -0.384 e. The monoisotopic (exact) mass is 230 g/mol. The van der Waals surface area contributed by atoms with Crippen molar-refractivity contribution in [1.29, 1.82) is 0 Å². The van der Waals surface area contributed by atoms with Crippen molar-refractivity contribution in [3.8, 4) is 0 Å². The summed E-state index contributed by atoms with van der Waals surface area (Å²) in [6.07, 6.45) is 0.980. The number of rotatable bonds is 2. The Balaban J connectivity index is 3.12. The van der Waals surface area contributed by atoms with Gasteiger partial charge in [0.05, 0.1) is 0 Å². The first-order chi connectivity index (χ1) is 6.52. The Morgan fingerprint density at radius 1 is 1.29 bits per heavy atom. The molecule has 14 heavy (non-hydrogen) atoms. The van der Waals surface area contributed by atoms with Crippen LogP contribution in [-0.4, -0.2) is 5.11 Å². The van der Waals surface area contributed by atoms with E-state index in [1.165, 1.54) is 0 Å². The second kappa shape index (κ2) is 4.83. The van der Waals surface area contributed by atoms with Gasteiger partial charge in [0.2, 0.25) is 0 Å². The van der Waals surface area contributed by atoms with Gasteiger partial charge in [0, 0.05) is 15.6 Å². The molecule has 1 rings (SSSR count). The molecule has 0 fully saturated rings. The van der Waals surface area contributed by atoms with E-state index in [1.54, 1.807) is 24.3 Å². The molecule has 0 aliphatic carbocycles. The first-order valence-corrected chi connectivity index (χ1v) is 5.05. The molecule has 1 N–H and O–H groups in total. The molecular weight excluding hydrogens is 219 g/mol. The summed E-state index contributed by atoms with van der Waals surface area (Å²) >= 11 is 11.9. The number of benzene rings is 1. The van der Waals surface area contributed by atoms with E-state index >= 15 is 0 Å². The fraction of sp³-hybridized carbons (Fsp3) is 0.273. The summed E-state index contributed by atoms with van der Waals surface area (Å²) in [5.41, 5.74) is 1.59. The van der Waals surface area contributed by atoms with Crippen LogP contribution in [0.5, 0.6) is 0 Å². The molecule has 0 radical (unpaired) electrons. The van der Waals surface area contributed by atoms with Gasteiger partial charge in [-0.25, -0.2) is 0 Å². The first kappa shape index (κ1) is 11.6. The lowest BCUT2D eigenvalue weighted by molar-refractivity contribution is 0.228. The van der Waals surface area contributed by atoms with Gasteiger partial charge in [-0.1, -0.05) is 40.9 Å². The van der Waals surface area contributed by atoms with Gasteiger partial charge in [-0.05, 0) is 26.0 Å². The zero-order valence-corrected chi connectivity index (χ0v) is 9.60. The third-order valence-electron chi connectivity index (χ3n) is 1.79. The van der Waals surface area contributed by atoms with Crippen molar-refractivity contribution in [2.75, 3.05) is 0 Å². The van der Waals surface area contributed by atoms with Crippen molar-refractivity contribution in [2.45, 2.75) is 20.0 Å². The average Bonchev–Trinajstić information content (AvgIpc) is 2.01. The van der Waals surface area contributed by atoms with Crippen LogP contribution < -0.4 is 0 Å². The summed E-state index contributed by atoms with van der Waals surface area (Å²) in [6, 6.07) is 5.18. The maximum absolute atomic E-state index is 9.81. The molecule has 0 spiro atoms. The summed E-state index contributed by atoms with van der Waals surface area (Å²) in [5, 5.41) is 10.8. The highest BCUT2D eigenvalue weighted by Crippen LogP contribution is 2.31. The second-order valence-corrected chi connectivity index (χ2v) is 4.14. The third-order valence-corrected chi connectivity index (χ3v) is 2.45. The van der Waals surface area contributed by atoms with Crippen LogP contribution in [0.15, 0.2) is 29.8 Å². The Morgan fingerprint density at radius 3 is 2.21 bits per heavy atom. The van der Waals surface area contributed by atoms with Gasteiger partial charge in [0.15, 0.2) is 0 Å². The molecule has 0 saturated heterocycles. The normalized spacial score (nSPS) is 12.4. The first-order valence-electron chi connectivity index (χ1n) is 4.29. The van der Waals surface area contributed by atoms with E-state index in [9.17, 15) is 5.11 Å². The van der Waals surface area contributed by atoms with Crippen LogP contribution >= 0.6 is 23.2 Å². The number of halogens is 2. The van der Waals surface area contributed by atoms with Gasteiger partial charge in [-0.3, -0.25) is 0 Å². The maximum atomic E-state index is 9.81. The number of hydrogen-bond acceptors (Lipinski definition) is 1. The van der Waals surface area contributed by atoms with Crippen molar-refractivity contribution < 1.29 is 5.11 Å². The fourth-order valence-electron chi connectivity index (χ4n) is 1.19. The Labute approximate surface area is 94.0 Å². The molecule has 0 aliphatic rings. The molecule has 0 heterocycles. The fourth-order valence-corrected chi connectivity index (χ4v) is 1.81. The highest BCUT2D eigenvalue weighted by molar-refractivity contribution is 6.36. The van der Waals surface area contributed by atoms with Gasteiger partial charge in [-0.15, -0.1) is 0 Å². The van der Waals surface area contributed by atoms with E-state index in [-0.39, 0.29) is 0 Å². The minimum absolute atomic E-state index is 0.488. The molecule has 3 heteroatoms. The molecule has 0 aromatic heterocycles. The van der Waals surface area contributed by atoms with E-state index < -0.39 is 6.10 Å². The van der Waals surface area contributed by atoms with E-state index in [1.807, 2.05) is 13.8 Å². The molecule has 0 saturated carbocycles. The standard InChI is InChI=1S/C11H12Cl2O/c1-7(2)6-10(14)11-8(12)4-3-5-9(11)13/h3-6,10,14H,1-2H3. The smallest absolute Gasteiger partial charge is 0.100 e. The van der Waals surface area contributed by atoms with E-state index in [0.29, 0.717) is 15.6 Å². The van der Waals surface area contributed by atoms with Gasteiger partial charge in [0.1, 0.15) is 6.10 Å². The van der Waals surface area contributed by atoms with Crippen LogP contribution in [0.4, 0.5) is 0 Å². The SMILES string of the molecule is CC(C)=CC(O)c1c(Cl)cccc1Cl. The largest absolute Gasteiger partial charge is 0.384 e. The second-order valence-electron chi connectivity index (χ2n) is 3.32. The predicted molar refractivity (Wildman–Crippen MR) is 60.9 cm³/mol. The molecule has 76 valence electrons. The molecule has 1 nitrogen and oxygen atoms in total. The maximum Gasteiger partial charge on any atom is 0.100 e. The topological polar surface area (TPSA) is 20.2 Å². The summed E-state index contributed by atoms with van der Waals surface area (Å²) in [4.78, 5) is 0. The van der Waals surface area contributed by atoms with Crippen LogP contribution in [-0.2, 0) is 0 Å². The van der Waals surface area contributed by atoms with Gasteiger partial charge in [-0.2, -0.15) is 0 Å². The number of allylic oxidation sites excluding steroid dienone is 1. The molecule has 1 aromatic rings. The van der Waals surface area contributed by atoms with Crippen molar-refractivity contribution in [3.63, 3.8) is 0 Å². The Kier molecular flexibility index (Phi) is 3.99. The van der Waals surface area contributed by atoms with E-state index in [2.05, 4.69) is 0 Å². The number of hydrogen-bond donors (Lipinski definition) is 1. The Morgan fingerprint density at radius 2 is 1.79 bits per heavy atom. The third kappa shape index (κ3) is 2.74. The lowest BCUT2D eigenvalue weighted by Gasteiger charge is -2.11. The minimum atomic E-state index is -0.735. The molecule has 1 atom stereocenters. The van der Waals surface area contributed by atoms with Gasteiger partial charge in [0.25, 0.3) is 0 Å². The summed E-state index contributed by atoms with van der Waals surface area (Å²) < 4.78 is 0. The zero-order chi connectivity index (χ0) is 10.7. The summed E-state index contributed by atoms with van der Waals surface area (Å²) in [5.74, 6) is 0. The van der Waals surface area contributed by atoms with Crippen LogP contribution in [0, 0.1) is 0 Å². The van der Waals surface area contributed by atoms with E-state index in [0.717, 1.165) is 5.57 Å². The lowest BCUT2D eigenvalue weighted by Crippen LogP contribution is -1.96. The van der Waals surface area contributed by atoms with Crippen LogP contribution in [0.3, 0.4) is 0 Å². The predicted octanol–water partition coefficient (Wildman–Crippen LogP) is 3.99. The average molecular weight is 231 g/mol. The van der Waals surface area contributed by atoms with Crippen molar-refractivity contribution in [1.82, 2.24) is 0 Å². The summed E-state index contributed by atoms with van der Waals surface area (Å²) in [7, 11) is 0. The molecule has 0 bridgehead atoms. The molecule has 1 aromatic carbocycles. The van der Waals surface area contributed by atoms with Gasteiger partial charge >= 0.3 is 0 Å². The lowest BCUT2D eigenvalue weighted by atomic mass is 10.1. The van der Waals surface area contributed by atoms with Crippen molar-refractivity contribution in [2.24, 2.45) is 0 Å².